The third kappa shape index (κ3) is 2.94. The van der Waals surface area contributed by atoms with Crippen LogP contribution in [0.3, 0.4) is 0 Å². The summed E-state index contributed by atoms with van der Waals surface area (Å²) in [6.07, 6.45) is 0. The Morgan fingerprint density at radius 3 is 2.37 bits per heavy atom. The fourth-order valence-electron chi connectivity index (χ4n) is 2.00. The van der Waals surface area contributed by atoms with Crippen LogP contribution in [0.4, 0.5) is 5.69 Å². The number of carbonyl (C=O) groups excluding carboxylic acids is 1. The number of nitrogens with one attached hydrogen (secondary N) is 1. The third-order valence-corrected chi connectivity index (χ3v) is 3.08. The summed E-state index contributed by atoms with van der Waals surface area (Å²) in [5.74, 6) is 0.0899. The first-order chi connectivity index (χ1) is 8.97. The van der Waals surface area contributed by atoms with E-state index >= 15 is 0 Å². The average Bonchev–Trinajstić information content (AvgIpc) is 2.33. The van der Waals surface area contributed by atoms with E-state index in [1.807, 2.05) is 32.0 Å². The van der Waals surface area contributed by atoms with E-state index in [0.717, 1.165) is 16.7 Å². The van der Waals surface area contributed by atoms with Crippen LogP contribution in [-0.4, -0.2) is 11.0 Å². The van der Waals surface area contributed by atoms with Crippen molar-refractivity contribution < 1.29 is 9.90 Å². The highest BCUT2D eigenvalue weighted by atomic mass is 16.3. The second-order valence-corrected chi connectivity index (χ2v) is 4.77. The summed E-state index contributed by atoms with van der Waals surface area (Å²) in [6, 6.07) is 10.7. The van der Waals surface area contributed by atoms with Gasteiger partial charge in [0.1, 0.15) is 5.75 Å². The van der Waals surface area contributed by atoms with Crippen molar-refractivity contribution in [1.29, 1.82) is 0 Å². The quantitative estimate of drug-likeness (QED) is 0.806. The molecule has 0 unspecified atom stereocenters. The number of hydrogen-bond donors (Lipinski definition) is 2. The smallest absolute Gasteiger partial charge is 0.255 e. The molecule has 19 heavy (non-hydrogen) atoms. The van der Waals surface area contributed by atoms with Crippen molar-refractivity contribution in [3.8, 4) is 5.75 Å². The van der Waals surface area contributed by atoms with Gasteiger partial charge >= 0.3 is 0 Å². The monoisotopic (exact) mass is 255 g/mol. The summed E-state index contributed by atoms with van der Waals surface area (Å²) in [5, 5.41) is 12.3. The topological polar surface area (TPSA) is 49.3 Å². The molecule has 0 radical (unpaired) electrons. The summed E-state index contributed by atoms with van der Waals surface area (Å²) >= 11 is 0. The Bertz CT molecular complexity index is 633. The summed E-state index contributed by atoms with van der Waals surface area (Å²) in [5.41, 5.74) is 4.16. The first-order valence-electron chi connectivity index (χ1n) is 6.15. The summed E-state index contributed by atoms with van der Waals surface area (Å²) in [7, 11) is 0. The lowest BCUT2D eigenvalue weighted by Crippen LogP contribution is -2.13. The van der Waals surface area contributed by atoms with E-state index in [4.69, 9.17) is 0 Å². The van der Waals surface area contributed by atoms with Gasteiger partial charge in [0.05, 0.1) is 0 Å². The van der Waals surface area contributed by atoms with E-state index < -0.39 is 0 Å². The number of rotatable bonds is 2. The first kappa shape index (κ1) is 13.1. The van der Waals surface area contributed by atoms with E-state index in [1.165, 1.54) is 0 Å². The predicted molar refractivity (Wildman–Crippen MR) is 76.7 cm³/mol. The number of aryl methyl sites for hydroxylation is 3. The molecule has 3 nitrogen and oxygen atoms in total. The van der Waals surface area contributed by atoms with E-state index in [9.17, 15) is 9.90 Å². The summed E-state index contributed by atoms with van der Waals surface area (Å²) in [4.78, 5) is 12.2. The van der Waals surface area contributed by atoms with Gasteiger partial charge in [-0.2, -0.15) is 0 Å². The van der Waals surface area contributed by atoms with Gasteiger partial charge in [-0.3, -0.25) is 4.79 Å². The zero-order valence-corrected chi connectivity index (χ0v) is 11.3. The van der Waals surface area contributed by atoms with E-state index in [1.54, 1.807) is 25.1 Å². The number of anilines is 1. The molecule has 1 amide bonds. The maximum atomic E-state index is 12.2. The van der Waals surface area contributed by atoms with Crippen molar-refractivity contribution in [3.05, 3.63) is 58.7 Å². The van der Waals surface area contributed by atoms with Gasteiger partial charge in [0.15, 0.2) is 0 Å². The highest BCUT2D eigenvalue weighted by Crippen LogP contribution is 2.21. The van der Waals surface area contributed by atoms with Crippen molar-refractivity contribution in [3.63, 3.8) is 0 Å². The van der Waals surface area contributed by atoms with Crippen LogP contribution in [-0.2, 0) is 0 Å². The molecule has 0 saturated heterocycles. The zero-order valence-electron chi connectivity index (χ0n) is 11.3. The minimum Gasteiger partial charge on any atom is -0.508 e. The molecule has 0 aromatic heterocycles. The van der Waals surface area contributed by atoms with Gasteiger partial charge in [-0.05, 0) is 56.2 Å². The number of hydrogen-bond acceptors (Lipinski definition) is 2. The Morgan fingerprint density at radius 2 is 1.74 bits per heavy atom. The van der Waals surface area contributed by atoms with Crippen LogP contribution in [0.5, 0.6) is 5.75 Å². The van der Waals surface area contributed by atoms with Crippen LogP contribution in [0.2, 0.25) is 0 Å². The lowest BCUT2D eigenvalue weighted by Gasteiger charge is -2.09. The Morgan fingerprint density at radius 1 is 1.00 bits per heavy atom. The molecule has 2 N–H and O–H groups in total. The largest absolute Gasteiger partial charge is 0.508 e. The molecule has 0 aliphatic carbocycles. The van der Waals surface area contributed by atoms with Crippen molar-refractivity contribution in [1.82, 2.24) is 0 Å². The molecule has 2 aromatic carbocycles. The second kappa shape index (κ2) is 5.14. The first-order valence-corrected chi connectivity index (χ1v) is 6.15. The summed E-state index contributed by atoms with van der Waals surface area (Å²) in [6.45, 7) is 5.71. The molecule has 3 heteroatoms. The fourth-order valence-corrected chi connectivity index (χ4v) is 2.00. The normalized spacial score (nSPS) is 10.3. The maximum Gasteiger partial charge on any atom is 0.255 e. The van der Waals surface area contributed by atoms with Gasteiger partial charge in [-0.25, -0.2) is 0 Å². The molecular weight excluding hydrogens is 238 g/mol. The van der Waals surface area contributed by atoms with Crippen LogP contribution >= 0.6 is 0 Å². The lowest BCUT2D eigenvalue weighted by atomic mass is 10.1. The Hall–Kier alpha value is -2.29. The van der Waals surface area contributed by atoms with Gasteiger partial charge in [-0.15, -0.1) is 0 Å². The lowest BCUT2D eigenvalue weighted by molar-refractivity contribution is 0.102. The van der Waals surface area contributed by atoms with Crippen molar-refractivity contribution in [2.45, 2.75) is 20.8 Å². The average molecular weight is 255 g/mol. The van der Waals surface area contributed by atoms with E-state index in [-0.39, 0.29) is 11.7 Å². The standard InChI is InChI=1S/C16H17NO2/c1-10-4-6-14(11(2)8-10)16(19)17-13-5-7-15(18)12(3)9-13/h4-9,18H,1-3H3,(H,17,19). The van der Waals surface area contributed by atoms with Crippen molar-refractivity contribution >= 4 is 11.6 Å². The number of phenols is 1. The Labute approximate surface area is 112 Å². The molecular formula is C16H17NO2. The second-order valence-electron chi connectivity index (χ2n) is 4.77. The molecule has 0 heterocycles. The Kier molecular flexibility index (Phi) is 3.56. The SMILES string of the molecule is Cc1ccc(C(=O)Nc2ccc(O)c(C)c2)c(C)c1. The molecule has 0 aliphatic heterocycles. The number of carbonyl (C=O) groups is 1. The van der Waals surface area contributed by atoms with Crippen LogP contribution in [0.1, 0.15) is 27.0 Å². The molecule has 98 valence electrons. The minimum atomic E-state index is -0.136. The van der Waals surface area contributed by atoms with Gasteiger partial charge in [-0.1, -0.05) is 17.7 Å². The molecule has 0 atom stereocenters. The van der Waals surface area contributed by atoms with E-state index in [2.05, 4.69) is 5.32 Å². The van der Waals surface area contributed by atoms with Gasteiger partial charge in [0.25, 0.3) is 5.91 Å². The van der Waals surface area contributed by atoms with Crippen LogP contribution < -0.4 is 5.32 Å². The van der Waals surface area contributed by atoms with Crippen LogP contribution in [0.25, 0.3) is 0 Å². The van der Waals surface area contributed by atoms with Gasteiger partial charge in [0.2, 0.25) is 0 Å². The molecule has 0 bridgehead atoms. The van der Waals surface area contributed by atoms with Gasteiger partial charge < -0.3 is 10.4 Å². The van der Waals surface area contributed by atoms with Crippen LogP contribution in [0.15, 0.2) is 36.4 Å². The highest BCUT2D eigenvalue weighted by molar-refractivity contribution is 6.05. The number of benzene rings is 2. The molecule has 2 rings (SSSR count). The third-order valence-electron chi connectivity index (χ3n) is 3.08. The summed E-state index contributed by atoms with van der Waals surface area (Å²) < 4.78 is 0. The maximum absolute atomic E-state index is 12.2. The predicted octanol–water partition coefficient (Wildman–Crippen LogP) is 3.57. The van der Waals surface area contributed by atoms with Crippen molar-refractivity contribution in [2.24, 2.45) is 0 Å². The molecule has 2 aromatic rings. The van der Waals surface area contributed by atoms with E-state index in [0.29, 0.717) is 11.3 Å². The fraction of sp³-hybridized carbons (Fsp3) is 0.188. The van der Waals surface area contributed by atoms with Crippen LogP contribution in [0, 0.1) is 20.8 Å². The van der Waals surface area contributed by atoms with Crippen molar-refractivity contribution in [2.75, 3.05) is 5.32 Å². The van der Waals surface area contributed by atoms with Gasteiger partial charge in [0, 0.05) is 11.3 Å². The Balaban J connectivity index is 2.23. The molecule has 0 spiro atoms. The zero-order chi connectivity index (χ0) is 14.0. The number of amides is 1. The number of aromatic hydroxyl groups is 1. The number of phenolic OH excluding ortho intramolecular Hbond substituents is 1. The minimum absolute atomic E-state index is 0.136. The molecule has 0 fully saturated rings. The molecule has 0 aliphatic rings. The molecule has 0 saturated carbocycles. The highest BCUT2D eigenvalue weighted by Gasteiger charge is 2.09.